The SMILES string of the molecule is Cc1cccc(C(=O)NC(CO)CC(C)C)c1I. The van der Waals surface area contributed by atoms with Crippen molar-refractivity contribution in [1.82, 2.24) is 5.32 Å². The van der Waals surface area contributed by atoms with Crippen LogP contribution in [0.4, 0.5) is 0 Å². The standard InChI is InChI=1S/C14H20INO2/c1-9(2)7-11(8-17)16-14(18)12-6-4-5-10(3)13(12)15/h4-6,9,11,17H,7-8H2,1-3H3,(H,16,18). The minimum atomic E-state index is -0.172. The molecule has 4 heteroatoms. The fraction of sp³-hybridized carbons (Fsp3) is 0.500. The van der Waals surface area contributed by atoms with Crippen LogP contribution in [0.25, 0.3) is 0 Å². The van der Waals surface area contributed by atoms with E-state index in [1.165, 1.54) is 0 Å². The highest BCUT2D eigenvalue weighted by atomic mass is 127. The van der Waals surface area contributed by atoms with Crippen molar-refractivity contribution in [3.63, 3.8) is 0 Å². The van der Waals surface area contributed by atoms with Crippen molar-refractivity contribution in [3.8, 4) is 0 Å². The molecule has 0 aromatic heterocycles. The van der Waals surface area contributed by atoms with Crippen LogP contribution in [0, 0.1) is 16.4 Å². The lowest BCUT2D eigenvalue weighted by atomic mass is 10.0. The van der Waals surface area contributed by atoms with E-state index in [0.29, 0.717) is 11.5 Å². The van der Waals surface area contributed by atoms with Crippen molar-refractivity contribution >= 4 is 28.5 Å². The first-order chi connectivity index (χ1) is 8.45. The van der Waals surface area contributed by atoms with Crippen LogP contribution in [0.5, 0.6) is 0 Å². The van der Waals surface area contributed by atoms with E-state index in [9.17, 15) is 9.90 Å². The Bertz CT molecular complexity index is 418. The van der Waals surface area contributed by atoms with Crippen molar-refractivity contribution in [3.05, 3.63) is 32.9 Å². The van der Waals surface area contributed by atoms with E-state index in [0.717, 1.165) is 15.6 Å². The molecule has 1 amide bonds. The number of aliphatic hydroxyl groups excluding tert-OH is 1. The first kappa shape index (κ1) is 15.4. The number of halogens is 1. The summed E-state index contributed by atoms with van der Waals surface area (Å²) in [5.41, 5.74) is 1.77. The third kappa shape index (κ3) is 4.24. The lowest BCUT2D eigenvalue weighted by Crippen LogP contribution is -2.38. The van der Waals surface area contributed by atoms with Gasteiger partial charge in [0.05, 0.1) is 18.2 Å². The smallest absolute Gasteiger partial charge is 0.252 e. The van der Waals surface area contributed by atoms with E-state index in [1.807, 2.05) is 25.1 Å². The number of hydrogen-bond donors (Lipinski definition) is 2. The molecule has 0 saturated carbocycles. The molecule has 0 radical (unpaired) electrons. The van der Waals surface area contributed by atoms with Gasteiger partial charge in [-0.15, -0.1) is 0 Å². The summed E-state index contributed by atoms with van der Waals surface area (Å²) in [7, 11) is 0. The predicted octanol–water partition coefficient (Wildman–Crippen LogP) is 2.74. The second-order valence-corrected chi connectivity index (χ2v) is 6.00. The molecule has 2 N–H and O–H groups in total. The fourth-order valence-electron chi connectivity index (χ4n) is 1.83. The first-order valence-corrected chi connectivity index (χ1v) is 7.20. The Morgan fingerprint density at radius 2 is 2.11 bits per heavy atom. The molecule has 1 rings (SSSR count). The van der Waals surface area contributed by atoms with Crippen LogP contribution in [0.2, 0.25) is 0 Å². The van der Waals surface area contributed by atoms with Crippen LogP contribution in [-0.4, -0.2) is 23.7 Å². The van der Waals surface area contributed by atoms with Gasteiger partial charge in [-0.2, -0.15) is 0 Å². The molecule has 3 nitrogen and oxygen atoms in total. The molecule has 0 spiro atoms. The maximum atomic E-state index is 12.1. The number of aryl methyl sites for hydroxylation is 1. The van der Waals surface area contributed by atoms with E-state index < -0.39 is 0 Å². The molecule has 1 aromatic rings. The van der Waals surface area contributed by atoms with Crippen molar-refractivity contribution in [2.45, 2.75) is 33.2 Å². The van der Waals surface area contributed by atoms with Gasteiger partial charge in [-0.1, -0.05) is 26.0 Å². The molecule has 0 aliphatic heterocycles. The van der Waals surface area contributed by atoms with Gasteiger partial charge in [0.1, 0.15) is 0 Å². The zero-order chi connectivity index (χ0) is 13.7. The maximum absolute atomic E-state index is 12.1. The van der Waals surface area contributed by atoms with Gasteiger partial charge in [0.25, 0.3) is 5.91 Å². The Balaban J connectivity index is 2.78. The number of amides is 1. The van der Waals surface area contributed by atoms with Gasteiger partial charge in [0, 0.05) is 3.57 Å². The average Bonchev–Trinajstić information content (AvgIpc) is 2.31. The van der Waals surface area contributed by atoms with Crippen LogP contribution in [0.3, 0.4) is 0 Å². The minimum Gasteiger partial charge on any atom is -0.394 e. The topological polar surface area (TPSA) is 49.3 Å². The van der Waals surface area contributed by atoms with Gasteiger partial charge < -0.3 is 10.4 Å². The first-order valence-electron chi connectivity index (χ1n) is 6.12. The van der Waals surface area contributed by atoms with Crippen molar-refractivity contribution in [2.75, 3.05) is 6.61 Å². The van der Waals surface area contributed by atoms with Gasteiger partial charge in [0.2, 0.25) is 0 Å². The monoisotopic (exact) mass is 361 g/mol. The Morgan fingerprint density at radius 1 is 1.44 bits per heavy atom. The number of carbonyl (C=O) groups excluding carboxylic acids is 1. The van der Waals surface area contributed by atoms with Crippen molar-refractivity contribution in [2.24, 2.45) is 5.92 Å². The third-order valence-corrected chi connectivity index (χ3v) is 4.18. The molecule has 0 heterocycles. The molecule has 18 heavy (non-hydrogen) atoms. The summed E-state index contributed by atoms with van der Waals surface area (Å²) in [4.78, 5) is 12.1. The summed E-state index contributed by atoms with van der Waals surface area (Å²) in [6, 6.07) is 5.50. The van der Waals surface area contributed by atoms with Crippen LogP contribution in [0.15, 0.2) is 18.2 Å². The van der Waals surface area contributed by atoms with E-state index >= 15 is 0 Å². The van der Waals surface area contributed by atoms with Gasteiger partial charge in [-0.25, -0.2) is 0 Å². The number of nitrogens with one attached hydrogen (secondary N) is 1. The van der Waals surface area contributed by atoms with Crippen molar-refractivity contribution in [1.29, 1.82) is 0 Å². The summed E-state index contributed by atoms with van der Waals surface area (Å²) in [5.74, 6) is 0.335. The second kappa shape index (κ2) is 7.09. The Kier molecular flexibility index (Phi) is 6.08. The van der Waals surface area contributed by atoms with Crippen LogP contribution >= 0.6 is 22.6 Å². The summed E-state index contributed by atoms with van der Waals surface area (Å²) in [6.45, 7) is 6.11. The highest BCUT2D eigenvalue weighted by Gasteiger charge is 2.16. The third-order valence-electron chi connectivity index (χ3n) is 2.75. The van der Waals surface area contributed by atoms with Crippen molar-refractivity contribution < 1.29 is 9.90 Å². The number of hydrogen-bond acceptors (Lipinski definition) is 2. The van der Waals surface area contributed by atoms with Crippen LogP contribution in [-0.2, 0) is 0 Å². The van der Waals surface area contributed by atoms with Gasteiger partial charge in [-0.3, -0.25) is 4.79 Å². The number of aliphatic hydroxyl groups is 1. The van der Waals surface area contributed by atoms with Gasteiger partial charge in [-0.05, 0) is 53.5 Å². The van der Waals surface area contributed by atoms with Gasteiger partial charge in [0.15, 0.2) is 0 Å². The van der Waals surface area contributed by atoms with E-state index in [2.05, 4.69) is 41.8 Å². The zero-order valence-electron chi connectivity index (χ0n) is 11.0. The van der Waals surface area contributed by atoms with E-state index in [1.54, 1.807) is 0 Å². The quantitative estimate of drug-likeness (QED) is 0.793. The molecule has 1 aromatic carbocycles. The molecule has 1 unspecified atom stereocenters. The average molecular weight is 361 g/mol. The maximum Gasteiger partial charge on any atom is 0.252 e. The number of rotatable bonds is 5. The molecule has 0 aliphatic carbocycles. The number of carbonyl (C=O) groups is 1. The predicted molar refractivity (Wildman–Crippen MR) is 81.7 cm³/mol. The van der Waals surface area contributed by atoms with Crippen LogP contribution < -0.4 is 5.32 Å². The highest BCUT2D eigenvalue weighted by Crippen LogP contribution is 2.17. The summed E-state index contributed by atoms with van der Waals surface area (Å²) < 4.78 is 0.967. The second-order valence-electron chi connectivity index (χ2n) is 4.92. The van der Waals surface area contributed by atoms with Crippen LogP contribution in [0.1, 0.15) is 36.2 Å². The van der Waals surface area contributed by atoms with E-state index in [-0.39, 0.29) is 18.6 Å². The summed E-state index contributed by atoms with van der Waals surface area (Å²) >= 11 is 2.18. The largest absolute Gasteiger partial charge is 0.394 e. The summed E-state index contributed by atoms with van der Waals surface area (Å²) in [6.07, 6.45) is 0.782. The molecule has 0 aliphatic rings. The normalized spacial score (nSPS) is 12.6. The minimum absolute atomic E-state index is 0.0215. The molecule has 0 saturated heterocycles. The Hall–Kier alpha value is -0.620. The molecule has 0 bridgehead atoms. The highest BCUT2D eigenvalue weighted by molar-refractivity contribution is 14.1. The molecule has 100 valence electrons. The van der Waals surface area contributed by atoms with Gasteiger partial charge >= 0.3 is 0 Å². The molecular formula is C14H20INO2. The fourth-order valence-corrected chi connectivity index (χ4v) is 2.44. The van der Waals surface area contributed by atoms with E-state index in [4.69, 9.17) is 0 Å². The molecule has 1 atom stereocenters. The zero-order valence-corrected chi connectivity index (χ0v) is 13.2. The Labute approximate surface area is 122 Å². The number of benzene rings is 1. The lowest BCUT2D eigenvalue weighted by molar-refractivity contribution is 0.0907. The summed E-state index contributed by atoms with van der Waals surface area (Å²) in [5, 5.41) is 12.2. The molecule has 0 fully saturated rings. The lowest BCUT2D eigenvalue weighted by Gasteiger charge is -2.19. The molecular weight excluding hydrogens is 341 g/mol. The Morgan fingerprint density at radius 3 is 2.67 bits per heavy atom.